The Hall–Kier alpha value is -0.940. The number of anilines is 1. The minimum absolute atomic E-state index is 0.0707. The largest absolute Gasteiger partial charge is 0.416 e. The topological polar surface area (TPSA) is 12.5 Å². The van der Waals surface area contributed by atoms with Crippen LogP contribution in [0, 0.1) is 0 Å². The minimum atomic E-state index is -4.34. The quantitative estimate of drug-likeness (QED) is 0.771. The summed E-state index contributed by atoms with van der Waals surface area (Å²) in [5.74, 6) is 0.0707. The van der Waals surface area contributed by atoms with Crippen molar-refractivity contribution in [3.8, 4) is 0 Å². The van der Waals surface area contributed by atoms with Crippen LogP contribution in [0.2, 0.25) is 0 Å². The van der Waals surface area contributed by atoms with E-state index in [1.165, 1.54) is 6.07 Å². The summed E-state index contributed by atoms with van der Waals surface area (Å²) in [5, 5.41) is 0. The molecule has 18 heavy (non-hydrogen) atoms. The molecule has 1 heterocycles. The lowest BCUT2D eigenvalue weighted by atomic mass is 10.1. The highest BCUT2D eigenvalue weighted by Crippen LogP contribution is 2.33. The average Bonchev–Trinajstić information content (AvgIpc) is 2.38. The van der Waals surface area contributed by atoms with Crippen molar-refractivity contribution in [2.45, 2.75) is 12.1 Å². The van der Waals surface area contributed by atoms with Crippen molar-refractivity contribution >= 4 is 17.3 Å². The maximum atomic E-state index is 12.8. The lowest BCUT2D eigenvalue weighted by Crippen LogP contribution is -2.36. The number of benzene rings is 1. The van der Waals surface area contributed by atoms with Gasteiger partial charge in [0.1, 0.15) is 0 Å². The third kappa shape index (κ3) is 3.09. The normalized spacial score (nSPS) is 17.0. The molecule has 0 N–H and O–H groups in total. The second-order valence-corrected chi connectivity index (χ2v) is 4.39. The van der Waals surface area contributed by atoms with Gasteiger partial charge < -0.3 is 9.64 Å². The van der Waals surface area contributed by atoms with Gasteiger partial charge in [0.2, 0.25) is 0 Å². The van der Waals surface area contributed by atoms with E-state index < -0.39 is 11.7 Å². The van der Waals surface area contributed by atoms with Gasteiger partial charge in [-0.1, -0.05) is 0 Å². The van der Waals surface area contributed by atoms with Gasteiger partial charge in [0.15, 0.2) is 0 Å². The van der Waals surface area contributed by atoms with E-state index in [9.17, 15) is 13.2 Å². The molecule has 0 radical (unpaired) electrons. The molecule has 0 unspecified atom stereocenters. The Labute approximate surface area is 108 Å². The van der Waals surface area contributed by atoms with Crippen molar-refractivity contribution in [2.24, 2.45) is 0 Å². The van der Waals surface area contributed by atoms with Crippen LogP contribution in [0.4, 0.5) is 18.9 Å². The second kappa shape index (κ2) is 5.36. The molecule has 1 aliphatic heterocycles. The molecule has 0 aliphatic carbocycles. The summed E-state index contributed by atoms with van der Waals surface area (Å²) in [4.78, 5) is 1.88. The SMILES string of the molecule is FC(F)(F)c1cc(CCl)cc(N2CCOCC2)c1. The van der Waals surface area contributed by atoms with E-state index in [1.807, 2.05) is 4.90 Å². The first kappa shape index (κ1) is 13.5. The predicted molar refractivity (Wildman–Crippen MR) is 64.0 cm³/mol. The highest BCUT2D eigenvalue weighted by atomic mass is 35.5. The summed E-state index contributed by atoms with van der Waals surface area (Å²) in [6.45, 7) is 2.27. The number of alkyl halides is 4. The van der Waals surface area contributed by atoms with Gasteiger partial charge in [-0.3, -0.25) is 0 Å². The number of rotatable bonds is 2. The van der Waals surface area contributed by atoms with Gasteiger partial charge >= 0.3 is 6.18 Å². The molecule has 2 rings (SSSR count). The Morgan fingerprint density at radius 3 is 2.39 bits per heavy atom. The molecular weight excluding hydrogens is 267 g/mol. The fraction of sp³-hybridized carbons (Fsp3) is 0.500. The van der Waals surface area contributed by atoms with E-state index in [-0.39, 0.29) is 5.88 Å². The number of hydrogen-bond donors (Lipinski definition) is 0. The number of hydrogen-bond acceptors (Lipinski definition) is 2. The van der Waals surface area contributed by atoms with Crippen molar-refractivity contribution in [2.75, 3.05) is 31.2 Å². The standard InChI is InChI=1S/C12H13ClF3NO/c13-8-9-5-10(12(14,15)16)7-11(6-9)17-1-3-18-4-2-17/h5-7H,1-4,8H2. The predicted octanol–water partition coefficient (Wildman–Crippen LogP) is 3.28. The third-order valence-corrected chi connectivity index (χ3v) is 3.14. The highest BCUT2D eigenvalue weighted by molar-refractivity contribution is 6.17. The zero-order valence-corrected chi connectivity index (χ0v) is 10.4. The van der Waals surface area contributed by atoms with Gasteiger partial charge in [0, 0.05) is 24.7 Å². The maximum Gasteiger partial charge on any atom is 0.416 e. The lowest BCUT2D eigenvalue weighted by molar-refractivity contribution is -0.137. The summed E-state index contributed by atoms with van der Waals surface area (Å²) < 4.78 is 43.5. The molecule has 0 bridgehead atoms. The van der Waals surface area contributed by atoms with Gasteiger partial charge in [-0.15, -0.1) is 11.6 Å². The lowest BCUT2D eigenvalue weighted by Gasteiger charge is -2.29. The molecule has 1 aromatic carbocycles. The number of nitrogens with zero attached hydrogens (tertiary/aromatic N) is 1. The minimum Gasteiger partial charge on any atom is -0.378 e. The Bertz CT molecular complexity index is 416. The summed E-state index contributed by atoms with van der Waals surface area (Å²) in [5.41, 5.74) is 0.388. The fourth-order valence-electron chi connectivity index (χ4n) is 1.92. The van der Waals surface area contributed by atoms with E-state index in [1.54, 1.807) is 6.07 Å². The molecule has 0 aromatic heterocycles. The van der Waals surface area contributed by atoms with Crippen LogP contribution < -0.4 is 4.90 Å². The van der Waals surface area contributed by atoms with Crippen molar-refractivity contribution in [3.05, 3.63) is 29.3 Å². The van der Waals surface area contributed by atoms with Crippen molar-refractivity contribution in [1.29, 1.82) is 0 Å². The van der Waals surface area contributed by atoms with Gasteiger partial charge in [-0.25, -0.2) is 0 Å². The van der Waals surface area contributed by atoms with Gasteiger partial charge in [-0.05, 0) is 23.8 Å². The van der Waals surface area contributed by atoms with Gasteiger partial charge in [0.05, 0.1) is 18.8 Å². The van der Waals surface area contributed by atoms with Crippen LogP contribution in [0.25, 0.3) is 0 Å². The molecule has 1 saturated heterocycles. The summed E-state index contributed by atoms with van der Waals surface area (Å²) in [6, 6.07) is 3.96. The molecule has 2 nitrogen and oxygen atoms in total. The van der Waals surface area contributed by atoms with Crippen molar-refractivity contribution < 1.29 is 17.9 Å². The van der Waals surface area contributed by atoms with E-state index >= 15 is 0 Å². The Balaban J connectivity index is 2.34. The van der Waals surface area contributed by atoms with Crippen LogP contribution in [0.15, 0.2) is 18.2 Å². The van der Waals surface area contributed by atoms with Crippen LogP contribution in [-0.4, -0.2) is 26.3 Å². The first-order chi connectivity index (χ1) is 8.50. The van der Waals surface area contributed by atoms with Crippen LogP contribution in [0.3, 0.4) is 0 Å². The van der Waals surface area contributed by atoms with E-state index in [2.05, 4.69) is 0 Å². The molecule has 0 spiro atoms. The Kier molecular flexibility index (Phi) is 4.02. The molecule has 0 amide bonds. The van der Waals surface area contributed by atoms with E-state index in [4.69, 9.17) is 16.3 Å². The van der Waals surface area contributed by atoms with E-state index in [0.29, 0.717) is 37.6 Å². The molecule has 6 heteroatoms. The first-order valence-electron chi connectivity index (χ1n) is 5.60. The molecule has 1 aliphatic rings. The second-order valence-electron chi connectivity index (χ2n) is 4.12. The average molecular weight is 280 g/mol. The maximum absolute atomic E-state index is 12.8. The van der Waals surface area contributed by atoms with E-state index in [0.717, 1.165) is 6.07 Å². The zero-order chi connectivity index (χ0) is 13.2. The van der Waals surface area contributed by atoms with Crippen LogP contribution in [-0.2, 0) is 16.8 Å². The Morgan fingerprint density at radius 1 is 1.17 bits per heavy atom. The molecule has 1 fully saturated rings. The molecule has 0 saturated carbocycles. The number of morpholine rings is 1. The smallest absolute Gasteiger partial charge is 0.378 e. The molecule has 1 aromatic rings. The zero-order valence-electron chi connectivity index (χ0n) is 9.63. The van der Waals surface area contributed by atoms with Gasteiger partial charge in [-0.2, -0.15) is 13.2 Å². The van der Waals surface area contributed by atoms with Crippen molar-refractivity contribution in [1.82, 2.24) is 0 Å². The number of ether oxygens (including phenoxy) is 1. The fourth-order valence-corrected chi connectivity index (χ4v) is 2.07. The first-order valence-corrected chi connectivity index (χ1v) is 6.14. The van der Waals surface area contributed by atoms with Crippen LogP contribution >= 0.6 is 11.6 Å². The summed E-state index contributed by atoms with van der Waals surface area (Å²) >= 11 is 5.65. The molecule has 100 valence electrons. The highest BCUT2D eigenvalue weighted by Gasteiger charge is 2.31. The van der Waals surface area contributed by atoms with Crippen LogP contribution in [0.5, 0.6) is 0 Å². The summed E-state index contributed by atoms with van der Waals surface area (Å²) in [6.07, 6.45) is -4.34. The van der Waals surface area contributed by atoms with Crippen LogP contribution in [0.1, 0.15) is 11.1 Å². The third-order valence-electron chi connectivity index (χ3n) is 2.84. The Morgan fingerprint density at radius 2 is 1.83 bits per heavy atom. The monoisotopic (exact) mass is 279 g/mol. The van der Waals surface area contributed by atoms with Crippen molar-refractivity contribution in [3.63, 3.8) is 0 Å². The summed E-state index contributed by atoms with van der Waals surface area (Å²) in [7, 11) is 0. The molecular formula is C12H13ClF3NO. The molecule has 0 atom stereocenters. The van der Waals surface area contributed by atoms with Gasteiger partial charge in [0.25, 0.3) is 0 Å². The number of halogens is 4.